The van der Waals surface area contributed by atoms with Gasteiger partial charge in [-0.3, -0.25) is 0 Å². The summed E-state index contributed by atoms with van der Waals surface area (Å²) in [4.78, 5) is 15.7. The number of carbonyl (C=O) groups is 1. The van der Waals surface area contributed by atoms with E-state index in [1.54, 1.807) is 18.4 Å². The van der Waals surface area contributed by atoms with E-state index in [9.17, 15) is 18.0 Å². The first-order chi connectivity index (χ1) is 9.75. The van der Waals surface area contributed by atoms with Crippen molar-refractivity contribution in [1.29, 1.82) is 0 Å². The number of aryl methyl sites for hydroxylation is 1. The van der Waals surface area contributed by atoms with Gasteiger partial charge in [-0.2, -0.15) is 13.2 Å². The van der Waals surface area contributed by atoms with Gasteiger partial charge >= 0.3 is 12.1 Å². The fourth-order valence-electron chi connectivity index (χ4n) is 2.11. The van der Waals surface area contributed by atoms with Crippen LogP contribution in [0.2, 0.25) is 0 Å². The van der Waals surface area contributed by atoms with Crippen molar-refractivity contribution >= 4 is 5.97 Å². The van der Waals surface area contributed by atoms with Crippen molar-refractivity contribution in [2.75, 3.05) is 7.11 Å². The molecule has 0 saturated heterocycles. The Morgan fingerprint density at radius 3 is 2.24 bits per heavy atom. The highest BCUT2D eigenvalue weighted by atomic mass is 19.4. The van der Waals surface area contributed by atoms with Crippen LogP contribution < -0.4 is 0 Å². The molecule has 0 fully saturated rings. The number of aromatic nitrogens is 2. The van der Waals surface area contributed by atoms with E-state index in [1.165, 1.54) is 19.2 Å². The molecule has 0 unspecified atom stereocenters. The van der Waals surface area contributed by atoms with Gasteiger partial charge in [0, 0.05) is 5.69 Å². The molecule has 0 spiro atoms. The summed E-state index contributed by atoms with van der Waals surface area (Å²) in [5.74, 6) is -0.0890. The third kappa shape index (κ3) is 2.76. The quantitative estimate of drug-likeness (QED) is 0.799. The number of alkyl halides is 3. The average molecular weight is 298 g/mol. The van der Waals surface area contributed by atoms with Crippen LogP contribution in [0.1, 0.15) is 27.6 Å². The Balaban J connectivity index is 2.48. The summed E-state index contributed by atoms with van der Waals surface area (Å²) in [5.41, 5.74) is 0.435. The summed E-state index contributed by atoms with van der Waals surface area (Å²) in [6, 6.07) is 4.66. The van der Waals surface area contributed by atoms with Crippen molar-refractivity contribution < 1.29 is 22.7 Å². The van der Waals surface area contributed by atoms with Gasteiger partial charge in [0.05, 0.1) is 18.4 Å². The molecular formula is C14H13F3N2O2. The number of carbonyl (C=O) groups excluding carboxylic acids is 1. The van der Waals surface area contributed by atoms with E-state index in [0.29, 0.717) is 17.2 Å². The van der Waals surface area contributed by atoms with Crippen LogP contribution in [0.15, 0.2) is 24.3 Å². The number of hydrogen-bond donors (Lipinski definition) is 0. The van der Waals surface area contributed by atoms with Crippen LogP contribution in [0.3, 0.4) is 0 Å². The van der Waals surface area contributed by atoms with E-state index < -0.39 is 17.7 Å². The van der Waals surface area contributed by atoms with Gasteiger partial charge in [-0.1, -0.05) is 0 Å². The number of imidazole rings is 1. The lowest BCUT2D eigenvalue weighted by Crippen LogP contribution is -2.07. The number of rotatable bonds is 2. The number of hydrogen-bond acceptors (Lipinski definition) is 3. The Morgan fingerprint density at radius 1 is 1.19 bits per heavy atom. The minimum atomic E-state index is -4.38. The van der Waals surface area contributed by atoms with Crippen LogP contribution in [-0.2, 0) is 10.9 Å². The van der Waals surface area contributed by atoms with Crippen LogP contribution in [0, 0.1) is 13.8 Å². The highest BCUT2D eigenvalue weighted by molar-refractivity contribution is 5.88. The van der Waals surface area contributed by atoms with Gasteiger partial charge < -0.3 is 9.30 Å². The van der Waals surface area contributed by atoms with Gasteiger partial charge in [-0.15, -0.1) is 0 Å². The lowest BCUT2D eigenvalue weighted by atomic mass is 10.2. The zero-order chi connectivity index (χ0) is 15.8. The molecule has 0 atom stereocenters. The first-order valence-corrected chi connectivity index (χ1v) is 6.07. The smallest absolute Gasteiger partial charge is 0.416 e. The minimum absolute atomic E-state index is 0.148. The van der Waals surface area contributed by atoms with Crippen LogP contribution in [0.5, 0.6) is 0 Å². The summed E-state index contributed by atoms with van der Waals surface area (Å²) in [7, 11) is 1.24. The van der Waals surface area contributed by atoms with Gasteiger partial charge in [0.15, 0.2) is 5.69 Å². The Hall–Kier alpha value is -2.31. The fraction of sp³-hybridized carbons (Fsp3) is 0.286. The van der Waals surface area contributed by atoms with Gasteiger partial charge in [0.1, 0.15) is 5.82 Å². The molecule has 0 amide bonds. The normalized spacial score (nSPS) is 11.5. The van der Waals surface area contributed by atoms with E-state index in [2.05, 4.69) is 9.72 Å². The first-order valence-electron chi connectivity index (χ1n) is 6.07. The van der Waals surface area contributed by atoms with E-state index in [0.717, 1.165) is 12.1 Å². The largest absolute Gasteiger partial charge is 0.464 e. The van der Waals surface area contributed by atoms with Crippen molar-refractivity contribution in [3.8, 4) is 5.69 Å². The average Bonchev–Trinajstić information content (AvgIpc) is 2.72. The maximum absolute atomic E-state index is 12.6. The number of benzene rings is 1. The number of methoxy groups -OCH3 is 1. The molecule has 2 rings (SSSR count). The third-order valence-corrected chi connectivity index (χ3v) is 3.11. The molecule has 1 aromatic carbocycles. The molecule has 1 heterocycles. The zero-order valence-corrected chi connectivity index (χ0v) is 11.7. The van der Waals surface area contributed by atoms with E-state index in [-0.39, 0.29) is 5.69 Å². The summed E-state index contributed by atoms with van der Waals surface area (Å²) < 4.78 is 43.9. The van der Waals surface area contributed by atoms with Crippen molar-refractivity contribution in [1.82, 2.24) is 9.55 Å². The molecular weight excluding hydrogens is 285 g/mol. The molecule has 7 heteroatoms. The molecule has 0 saturated carbocycles. The Bertz CT molecular complexity index is 673. The highest BCUT2D eigenvalue weighted by Gasteiger charge is 2.30. The molecule has 21 heavy (non-hydrogen) atoms. The molecule has 0 N–H and O–H groups in total. The van der Waals surface area contributed by atoms with Crippen molar-refractivity contribution in [2.24, 2.45) is 0 Å². The summed E-state index contributed by atoms with van der Waals surface area (Å²) >= 11 is 0. The van der Waals surface area contributed by atoms with Crippen molar-refractivity contribution in [3.63, 3.8) is 0 Å². The second-order valence-corrected chi connectivity index (χ2v) is 4.46. The third-order valence-electron chi connectivity index (χ3n) is 3.11. The maximum Gasteiger partial charge on any atom is 0.416 e. The van der Waals surface area contributed by atoms with Gasteiger partial charge in [0.2, 0.25) is 0 Å². The van der Waals surface area contributed by atoms with Crippen molar-refractivity contribution in [2.45, 2.75) is 20.0 Å². The first kappa shape index (κ1) is 15.1. The van der Waals surface area contributed by atoms with Gasteiger partial charge in [-0.25, -0.2) is 9.78 Å². The molecule has 112 valence electrons. The Kier molecular flexibility index (Phi) is 3.76. The number of ether oxygens (including phenoxy) is 1. The van der Waals surface area contributed by atoms with Gasteiger partial charge in [0.25, 0.3) is 0 Å². The summed E-state index contributed by atoms with van der Waals surface area (Å²) in [5, 5.41) is 0. The Morgan fingerprint density at radius 2 is 1.76 bits per heavy atom. The SMILES string of the molecule is COC(=O)c1nc(C)n(-c2ccc(C(F)(F)F)cc2)c1C. The molecule has 0 aliphatic heterocycles. The van der Waals surface area contributed by atoms with Crippen LogP contribution in [0.25, 0.3) is 5.69 Å². The molecule has 2 aromatic rings. The lowest BCUT2D eigenvalue weighted by molar-refractivity contribution is -0.137. The van der Waals surface area contributed by atoms with Crippen LogP contribution >= 0.6 is 0 Å². The topological polar surface area (TPSA) is 44.1 Å². The number of esters is 1. The lowest BCUT2D eigenvalue weighted by Gasteiger charge is -2.10. The molecule has 4 nitrogen and oxygen atoms in total. The predicted molar refractivity (Wildman–Crippen MR) is 69.4 cm³/mol. The molecule has 0 aliphatic rings. The maximum atomic E-state index is 12.6. The molecule has 0 aliphatic carbocycles. The second kappa shape index (κ2) is 5.23. The molecule has 1 aromatic heterocycles. The van der Waals surface area contributed by atoms with Gasteiger partial charge in [-0.05, 0) is 38.1 Å². The minimum Gasteiger partial charge on any atom is -0.464 e. The van der Waals surface area contributed by atoms with Crippen molar-refractivity contribution in [3.05, 3.63) is 47.0 Å². The monoisotopic (exact) mass is 298 g/mol. The van der Waals surface area contributed by atoms with E-state index in [4.69, 9.17) is 0 Å². The predicted octanol–water partition coefficient (Wildman–Crippen LogP) is 3.29. The second-order valence-electron chi connectivity index (χ2n) is 4.46. The number of nitrogens with zero attached hydrogens (tertiary/aromatic N) is 2. The highest BCUT2D eigenvalue weighted by Crippen LogP contribution is 2.30. The molecule has 0 radical (unpaired) electrons. The van der Waals surface area contributed by atoms with E-state index >= 15 is 0 Å². The van der Waals surface area contributed by atoms with E-state index in [1.807, 2.05) is 0 Å². The summed E-state index contributed by atoms with van der Waals surface area (Å²) in [6.07, 6.45) is -4.38. The zero-order valence-electron chi connectivity index (χ0n) is 11.7. The van der Waals surface area contributed by atoms with Crippen LogP contribution in [-0.4, -0.2) is 22.6 Å². The fourth-order valence-corrected chi connectivity index (χ4v) is 2.11. The standard InChI is InChI=1S/C14H13F3N2O2/c1-8-12(13(20)21-3)18-9(2)19(8)11-6-4-10(5-7-11)14(15,16)17/h4-7H,1-3H3. The molecule has 0 bridgehead atoms. The summed E-state index contributed by atoms with van der Waals surface area (Å²) in [6.45, 7) is 3.32. The number of halogens is 3. The van der Waals surface area contributed by atoms with Crippen LogP contribution in [0.4, 0.5) is 13.2 Å². The Labute approximate surface area is 119 Å².